The third kappa shape index (κ3) is 2.45. The average Bonchev–Trinajstić information content (AvgIpc) is 2.13. The molecule has 0 saturated heterocycles. The molecule has 0 radical (unpaired) electrons. The van der Waals surface area contributed by atoms with Gasteiger partial charge in [-0.3, -0.25) is 4.79 Å². The number of carbonyl (C=O) groups is 1. The number of halogens is 2. The Morgan fingerprint density at radius 2 is 2.21 bits per heavy atom. The summed E-state index contributed by atoms with van der Waals surface area (Å²) in [5, 5.41) is 8.80. The molecule has 0 fully saturated rings. The molecular formula is C10H10ClFO2. The van der Waals surface area contributed by atoms with Crippen LogP contribution >= 0.6 is 11.6 Å². The van der Waals surface area contributed by atoms with Crippen LogP contribution in [0.5, 0.6) is 0 Å². The number of benzene rings is 1. The van der Waals surface area contributed by atoms with Gasteiger partial charge in [-0.25, -0.2) is 4.39 Å². The van der Waals surface area contributed by atoms with E-state index in [-0.39, 0.29) is 12.8 Å². The summed E-state index contributed by atoms with van der Waals surface area (Å²) in [7, 11) is 0. The minimum Gasteiger partial charge on any atom is -0.481 e. The first kappa shape index (κ1) is 11.0. The van der Waals surface area contributed by atoms with Crippen LogP contribution in [0.4, 0.5) is 4.39 Å². The van der Waals surface area contributed by atoms with Crippen molar-refractivity contribution < 1.29 is 14.3 Å². The summed E-state index contributed by atoms with van der Waals surface area (Å²) < 4.78 is 13.4. The van der Waals surface area contributed by atoms with E-state index in [1.54, 1.807) is 13.0 Å². The second-order valence-corrected chi connectivity index (χ2v) is 3.45. The second kappa shape index (κ2) is 4.42. The highest BCUT2D eigenvalue weighted by Gasteiger charge is 2.09. The molecule has 1 rings (SSSR count). The summed E-state index contributed by atoms with van der Waals surface area (Å²) in [5.41, 5.74) is 0.767. The van der Waals surface area contributed by atoms with Crippen LogP contribution in [-0.2, 0) is 11.2 Å². The third-order valence-corrected chi connectivity index (χ3v) is 2.42. The van der Waals surface area contributed by atoms with E-state index in [4.69, 9.17) is 16.7 Å². The van der Waals surface area contributed by atoms with Crippen molar-refractivity contribution >= 4 is 17.6 Å². The molecule has 1 aromatic carbocycles. The van der Waals surface area contributed by atoms with Gasteiger partial charge >= 0.3 is 5.97 Å². The van der Waals surface area contributed by atoms with Gasteiger partial charge < -0.3 is 5.11 Å². The number of rotatable bonds is 3. The smallest absolute Gasteiger partial charge is 0.303 e. The molecular weight excluding hydrogens is 207 g/mol. The highest BCUT2D eigenvalue weighted by atomic mass is 35.5. The third-order valence-electron chi connectivity index (χ3n) is 2.01. The van der Waals surface area contributed by atoms with Gasteiger partial charge in [-0.15, -0.1) is 0 Å². The Balaban J connectivity index is 2.88. The molecule has 0 unspecified atom stereocenters. The van der Waals surface area contributed by atoms with Crippen LogP contribution in [-0.4, -0.2) is 11.1 Å². The number of carboxylic acids is 1. The topological polar surface area (TPSA) is 37.3 Å². The molecule has 0 atom stereocenters. The molecule has 0 bridgehead atoms. The van der Waals surface area contributed by atoms with Crippen LogP contribution in [0.2, 0.25) is 5.02 Å². The first-order valence-corrected chi connectivity index (χ1v) is 4.55. The first-order chi connectivity index (χ1) is 6.52. The molecule has 0 aliphatic rings. The van der Waals surface area contributed by atoms with E-state index in [1.807, 2.05) is 0 Å². The van der Waals surface area contributed by atoms with Gasteiger partial charge in [0.2, 0.25) is 0 Å². The van der Waals surface area contributed by atoms with E-state index in [9.17, 15) is 9.18 Å². The lowest BCUT2D eigenvalue weighted by molar-refractivity contribution is -0.136. The van der Waals surface area contributed by atoms with Crippen LogP contribution < -0.4 is 0 Å². The molecule has 2 nitrogen and oxygen atoms in total. The Labute approximate surface area is 86.3 Å². The quantitative estimate of drug-likeness (QED) is 0.844. The standard InChI is InChI=1S/C10H10ClFO2/c1-6-8(11)4-2-7(10(6)12)3-5-9(13)14/h2,4H,3,5H2,1H3,(H,13,14). The van der Waals surface area contributed by atoms with Gasteiger partial charge in [-0.05, 0) is 25.0 Å². The Hall–Kier alpha value is -1.09. The zero-order valence-electron chi connectivity index (χ0n) is 7.68. The summed E-state index contributed by atoms with van der Waals surface area (Å²) in [6.45, 7) is 1.57. The molecule has 76 valence electrons. The summed E-state index contributed by atoms with van der Waals surface area (Å²) in [6, 6.07) is 3.10. The second-order valence-electron chi connectivity index (χ2n) is 3.04. The maximum Gasteiger partial charge on any atom is 0.303 e. The van der Waals surface area contributed by atoms with Crippen molar-refractivity contribution in [2.75, 3.05) is 0 Å². The highest BCUT2D eigenvalue weighted by Crippen LogP contribution is 2.21. The number of aliphatic carboxylic acids is 1. The zero-order valence-corrected chi connectivity index (χ0v) is 8.44. The molecule has 0 amide bonds. The summed E-state index contributed by atoms with van der Waals surface area (Å²) in [6.07, 6.45) is 0.122. The van der Waals surface area contributed by atoms with Gasteiger partial charge in [0.1, 0.15) is 5.82 Å². The minimum atomic E-state index is -0.933. The van der Waals surface area contributed by atoms with Crippen LogP contribution in [0.15, 0.2) is 12.1 Å². The van der Waals surface area contributed by atoms with Crippen molar-refractivity contribution in [3.05, 3.63) is 34.1 Å². The van der Waals surface area contributed by atoms with Gasteiger partial charge in [0, 0.05) is 17.0 Å². The van der Waals surface area contributed by atoms with E-state index in [0.29, 0.717) is 16.1 Å². The summed E-state index contributed by atoms with van der Waals surface area (Å²) in [4.78, 5) is 10.3. The summed E-state index contributed by atoms with van der Waals surface area (Å²) >= 11 is 5.69. The molecule has 14 heavy (non-hydrogen) atoms. The van der Waals surface area contributed by atoms with Crippen molar-refractivity contribution in [3.8, 4) is 0 Å². The lowest BCUT2D eigenvalue weighted by atomic mass is 10.1. The molecule has 4 heteroatoms. The van der Waals surface area contributed by atoms with Crippen molar-refractivity contribution in [1.82, 2.24) is 0 Å². The molecule has 0 heterocycles. The number of carboxylic acid groups (broad SMARTS) is 1. The Kier molecular flexibility index (Phi) is 3.47. The van der Waals surface area contributed by atoms with Gasteiger partial charge in [0.15, 0.2) is 0 Å². The van der Waals surface area contributed by atoms with E-state index in [2.05, 4.69) is 0 Å². The molecule has 1 aromatic rings. The highest BCUT2D eigenvalue weighted by molar-refractivity contribution is 6.31. The van der Waals surface area contributed by atoms with Crippen molar-refractivity contribution in [3.63, 3.8) is 0 Å². The van der Waals surface area contributed by atoms with Crippen LogP contribution in [0.3, 0.4) is 0 Å². The predicted molar refractivity (Wildman–Crippen MR) is 52.1 cm³/mol. The van der Waals surface area contributed by atoms with Crippen LogP contribution in [0.25, 0.3) is 0 Å². The normalized spacial score (nSPS) is 10.2. The van der Waals surface area contributed by atoms with E-state index >= 15 is 0 Å². The van der Waals surface area contributed by atoms with Gasteiger partial charge in [0.25, 0.3) is 0 Å². The van der Waals surface area contributed by atoms with Gasteiger partial charge in [0.05, 0.1) is 0 Å². The molecule has 1 N–H and O–H groups in total. The van der Waals surface area contributed by atoms with Crippen molar-refractivity contribution in [2.45, 2.75) is 19.8 Å². The monoisotopic (exact) mass is 216 g/mol. The fourth-order valence-corrected chi connectivity index (χ4v) is 1.30. The molecule has 0 aliphatic carbocycles. The SMILES string of the molecule is Cc1c(Cl)ccc(CCC(=O)O)c1F. The fraction of sp³-hybridized carbons (Fsp3) is 0.300. The summed E-state index contributed by atoms with van der Waals surface area (Å²) in [5.74, 6) is -1.34. The first-order valence-electron chi connectivity index (χ1n) is 4.17. The van der Waals surface area contributed by atoms with E-state index < -0.39 is 11.8 Å². The number of hydrogen-bond donors (Lipinski definition) is 1. The zero-order chi connectivity index (χ0) is 10.7. The number of hydrogen-bond acceptors (Lipinski definition) is 1. The van der Waals surface area contributed by atoms with Crippen LogP contribution in [0, 0.1) is 12.7 Å². The van der Waals surface area contributed by atoms with Gasteiger partial charge in [-0.1, -0.05) is 17.7 Å². The lowest BCUT2D eigenvalue weighted by Gasteiger charge is -2.05. The molecule has 0 saturated carbocycles. The Morgan fingerprint density at radius 1 is 1.57 bits per heavy atom. The molecule has 0 aromatic heterocycles. The average molecular weight is 217 g/mol. The maximum atomic E-state index is 13.4. The molecule has 0 aliphatic heterocycles. The largest absolute Gasteiger partial charge is 0.481 e. The van der Waals surface area contributed by atoms with Gasteiger partial charge in [-0.2, -0.15) is 0 Å². The van der Waals surface area contributed by atoms with Crippen LogP contribution in [0.1, 0.15) is 17.5 Å². The fourth-order valence-electron chi connectivity index (χ4n) is 1.15. The maximum absolute atomic E-state index is 13.4. The minimum absolute atomic E-state index is 0.0714. The van der Waals surface area contributed by atoms with Crippen molar-refractivity contribution in [1.29, 1.82) is 0 Å². The lowest BCUT2D eigenvalue weighted by Crippen LogP contribution is -2.00. The van der Waals surface area contributed by atoms with E-state index in [0.717, 1.165) is 0 Å². The molecule has 0 spiro atoms. The Bertz CT molecular complexity index is 363. The van der Waals surface area contributed by atoms with E-state index in [1.165, 1.54) is 6.07 Å². The van der Waals surface area contributed by atoms with Crippen molar-refractivity contribution in [2.24, 2.45) is 0 Å². The number of aryl methyl sites for hydroxylation is 1. The predicted octanol–water partition coefficient (Wildman–Crippen LogP) is 2.80. The Morgan fingerprint density at radius 3 is 2.79 bits per heavy atom.